The second-order valence-electron chi connectivity index (χ2n) is 9.12. The Balaban J connectivity index is -0.0000000506. The molecule has 0 bridgehead atoms. The van der Waals surface area contributed by atoms with E-state index in [4.69, 9.17) is 99.9 Å². The number of hydrogen-bond acceptors (Lipinski definition) is 16. The van der Waals surface area contributed by atoms with E-state index >= 15 is 0 Å². The van der Waals surface area contributed by atoms with Gasteiger partial charge in [0.25, 0.3) is 20.7 Å². The van der Waals surface area contributed by atoms with Gasteiger partial charge in [0.2, 0.25) is 0 Å². The van der Waals surface area contributed by atoms with Crippen LogP contribution in [0.5, 0.6) is 0 Å². The average Bonchev–Trinajstić information content (AvgIpc) is 3.04. The summed E-state index contributed by atoms with van der Waals surface area (Å²) in [4.78, 5) is 9.00. The Bertz CT molecular complexity index is 875. The van der Waals surface area contributed by atoms with Crippen LogP contribution in [0.15, 0.2) is 0 Å². The molecule has 0 aliphatic heterocycles. The van der Waals surface area contributed by atoms with Crippen LogP contribution in [0.25, 0.3) is 0 Å². The maximum absolute atomic E-state index is 9.00. The summed E-state index contributed by atoms with van der Waals surface area (Å²) in [5.74, 6) is 15.2. The Labute approximate surface area is 568 Å². The predicted octanol–water partition coefficient (Wildman–Crippen LogP) is -30.2. The third kappa shape index (κ3) is 94.6. The Morgan fingerprint density at radius 2 is 0.656 bits per heavy atom. The van der Waals surface area contributed by atoms with Gasteiger partial charge in [-0.2, -0.15) is 93.6 Å². The van der Waals surface area contributed by atoms with Crippen LogP contribution in [-0.4, -0.2) is 145 Å². The first-order valence-corrected chi connectivity index (χ1v) is 27.5. The standard InChI is InChI=1S/C14H30N8S7.C10H22S7.CH4N2O.CH4.4ClH.5Na.H2O/c15-11(16)26-3-1-24-9(7-28-13(19)20)5-23-6-10(8-29-14(21)22)25-2-4-27-12(17)18;11-1-3-16-9(5-13)7-15-8-10(6-14)17-4-2-12;2-1(3)4;;;;;;;;;;;/h9-10H,1-8H2,(H3,15,16)(H3,17,18)(H3,19,20)(H3,21,22);9-14H,1-8H2;(H4,2,3,4);1H4;4*1H;;;;;;1H2/q;;;;;;;;5*+1;/p-5. The summed E-state index contributed by atoms with van der Waals surface area (Å²) in [5, 5.41) is 25.9. The van der Waals surface area contributed by atoms with Gasteiger partial charge in [0, 0.05) is 68.0 Å². The molecule has 2 amide bonds. The Kier molecular flexibility index (Phi) is 142. The molecule has 61 heavy (non-hydrogen) atoms. The van der Waals surface area contributed by atoms with Gasteiger partial charge < -0.3 is 117 Å². The number of nitrogens with two attached hydrogens (primary N) is 10. The zero-order valence-corrected chi connectivity index (χ0v) is 59.4. The summed E-state index contributed by atoms with van der Waals surface area (Å²) in [5.41, 5.74) is 30.7. The van der Waals surface area contributed by atoms with Gasteiger partial charge in [0.05, 0.1) is 0 Å². The van der Waals surface area contributed by atoms with Crippen molar-refractivity contribution in [2.24, 2.45) is 34.4 Å². The molecule has 0 fully saturated rings. The number of amides is 2. The van der Waals surface area contributed by atoms with Crippen LogP contribution in [0.3, 0.4) is 0 Å². The number of carbonyl (C=O) groups excluding carboxylic acids is 1. The van der Waals surface area contributed by atoms with Crippen LogP contribution < -0.4 is 253 Å². The van der Waals surface area contributed by atoms with Crippen LogP contribution in [0.1, 0.15) is 7.43 Å². The second kappa shape index (κ2) is 82.2. The quantitative estimate of drug-likeness (QED) is 0.0114. The van der Waals surface area contributed by atoms with Crippen LogP contribution in [-0.2, 0) is 50.5 Å². The van der Waals surface area contributed by atoms with Crippen molar-refractivity contribution in [3.05, 3.63) is 0 Å². The molecule has 0 saturated carbocycles. The van der Waals surface area contributed by atoms with Gasteiger partial charge in [-0.1, -0.05) is 7.43 Å². The molecule has 0 aliphatic rings. The molecule has 0 radical (unpaired) electrons. The molecule has 4 unspecified atom stereocenters. The summed E-state index contributed by atoms with van der Waals surface area (Å²) in [6.07, 6.45) is 0. The number of rotatable bonds is 28. The Hall–Kier alpha value is 8.17. The van der Waals surface area contributed by atoms with E-state index in [0.29, 0.717) is 41.7 Å². The molecule has 0 rings (SSSR count). The summed E-state index contributed by atoms with van der Waals surface area (Å²) in [6, 6.07) is -0.833. The number of hydrogen-bond donors (Lipinski definition) is 10. The van der Waals surface area contributed by atoms with Crippen molar-refractivity contribution >= 4 is 195 Å². The number of urea groups is 1. The monoisotopic (exact) mass is 1250 g/mol. The molecule has 0 spiro atoms. The van der Waals surface area contributed by atoms with Crippen molar-refractivity contribution in [3.63, 3.8) is 0 Å². The first-order chi connectivity index (χ1) is 23.7. The normalized spacial score (nSPS) is 10.7. The molecule has 0 aromatic heterocycles. The van der Waals surface area contributed by atoms with Gasteiger partial charge in [-0.15, -0.1) is 0 Å². The molecular formula is C26H61Cl4N10Na5O2S14. The number of amidine groups is 4. The van der Waals surface area contributed by atoms with E-state index in [2.05, 4.69) is 11.5 Å². The summed E-state index contributed by atoms with van der Waals surface area (Å²) >= 11 is 37.7. The zero-order valence-electron chi connectivity index (χ0n) is 35.0. The van der Waals surface area contributed by atoms with Crippen molar-refractivity contribution in [2.75, 3.05) is 92.0 Å². The van der Waals surface area contributed by atoms with Crippen molar-refractivity contribution in [3.8, 4) is 0 Å². The summed E-state index contributed by atoms with van der Waals surface area (Å²) in [6.45, 7) is 0. The molecule has 0 aliphatic carbocycles. The molecule has 35 heteroatoms. The second-order valence-corrected chi connectivity index (χ2v) is 22.9. The topological polar surface area (TPSA) is 306 Å². The van der Waals surface area contributed by atoms with Crippen LogP contribution >= 0.6 is 118 Å². The number of primary amides is 2. The molecule has 12 nitrogen and oxygen atoms in total. The van der Waals surface area contributed by atoms with Crippen molar-refractivity contribution < 1.29 is 229 Å². The van der Waals surface area contributed by atoms with Gasteiger partial charge in [-0.05, 0) is 69.1 Å². The fourth-order valence-electron chi connectivity index (χ4n) is 2.80. The molecule has 344 valence electrons. The smallest absolute Gasteiger partial charge is 1.00 e. The van der Waals surface area contributed by atoms with E-state index in [9.17, 15) is 0 Å². The van der Waals surface area contributed by atoms with E-state index < -0.39 is 6.03 Å². The van der Waals surface area contributed by atoms with Gasteiger partial charge in [-0.25, -0.2) is 4.79 Å². The maximum Gasteiger partial charge on any atom is 1.00 e. The molecule has 4 atom stereocenters. The summed E-state index contributed by atoms with van der Waals surface area (Å²) < 4.78 is 0. The van der Waals surface area contributed by atoms with E-state index in [0.717, 1.165) is 92.0 Å². The number of thioether (sulfide) groups is 10. The van der Waals surface area contributed by atoms with Crippen molar-refractivity contribution in [1.82, 2.24) is 0 Å². The fraction of sp³-hybridized carbons (Fsp3) is 0.808. The van der Waals surface area contributed by atoms with E-state index in [-0.39, 0.29) is 210 Å². The van der Waals surface area contributed by atoms with Gasteiger partial charge in [0.15, 0.2) is 0 Å². The molecule has 0 heterocycles. The van der Waals surface area contributed by atoms with Crippen molar-refractivity contribution in [2.45, 2.75) is 28.4 Å². The van der Waals surface area contributed by atoms with Gasteiger partial charge >= 0.3 is 154 Å². The average molecular weight is 1250 g/mol. The molecular weight excluding hydrogens is 1190 g/mol. The first-order valence-electron chi connectivity index (χ1n) is 14.7. The minimum atomic E-state index is -0.833. The third-order valence-corrected chi connectivity index (χ3v) is 19.5. The predicted molar refractivity (Wildman–Crippen MR) is 265 cm³/mol. The molecule has 21 N–H and O–H groups in total. The zero-order chi connectivity index (χ0) is 38.6. The largest absolute Gasteiger partial charge is 1.00 e. The molecule has 0 saturated heterocycles. The minimum Gasteiger partial charge on any atom is -1.00 e. The van der Waals surface area contributed by atoms with E-state index in [1.807, 2.05) is 70.6 Å². The van der Waals surface area contributed by atoms with E-state index in [1.165, 1.54) is 47.0 Å². The minimum absolute atomic E-state index is 0. The number of carbonyl (C=O) groups is 1. The SMILES string of the molecule is C.NC(=[NH2+])SCCSC(CSCC(CSC(N)=[NH2+])SCCSC(N)=[NH2+])CSC(N)=[NH2+].NC(N)=O.[Cl-].[Cl-].[Cl-].[Cl-].[Na+].[Na+].[Na+].[Na+].[Na+].[OH-].[S-]CCSC(C[S-])CSCC(C[S-])SCC[S-]. The number of halogens is 4. The third-order valence-electron chi connectivity index (χ3n) is 4.74. The maximum atomic E-state index is 9.00. The van der Waals surface area contributed by atoms with Crippen molar-refractivity contribution in [1.29, 1.82) is 0 Å². The van der Waals surface area contributed by atoms with Gasteiger partial charge in [0.1, 0.15) is 0 Å². The summed E-state index contributed by atoms with van der Waals surface area (Å²) in [7, 11) is 0. The van der Waals surface area contributed by atoms with Crippen LogP contribution in [0.4, 0.5) is 4.79 Å². The van der Waals surface area contributed by atoms with Crippen LogP contribution in [0, 0.1) is 0 Å². The first kappa shape index (κ1) is 106. The fourth-order valence-corrected chi connectivity index (χ4v) is 15.1. The van der Waals surface area contributed by atoms with Gasteiger partial charge in [-0.3, -0.25) is 44.6 Å². The van der Waals surface area contributed by atoms with Crippen LogP contribution in [0.2, 0.25) is 0 Å². The molecule has 0 aromatic carbocycles. The Morgan fingerprint density at radius 3 is 0.869 bits per heavy atom. The molecule has 0 aromatic rings. The Morgan fingerprint density at radius 1 is 0.426 bits per heavy atom. The van der Waals surface area contributed by atoms with E-state index in [1.54, 1.807) is 0 Å².